The number of hydrogen-bond donors (Lipinski definition) is 2. The second-order valence-electron chi connectivity index (χ2n) is 8.03. The number of carbonyl (C=O) groups is 2. The van der Waals surface area contributed by atoms with Gasteiger partial charge in [0.05, 0.1) is 5.92 Å². The highest BCUT2D eigenvalue weighted by atomic mass is 32.2. The molecular formula is C23H35NO3S. The van der Waals surface area contributed by atoms with Crippen LogP contribution >= 0.6 is 11.8 Å². The van der Waals surface area contributed by atoms with Gasteiger partial charge in [0, 0.05) is 23.9 Å². The van der Waals surface area contributed by atoms with Crippen LogP contribution in [0.3, 0.4) is 0 Å². The standard InChI is InChI=1S/C12H23N.C11H12O3S/c1-3-7-11(8-4-1)13-12-9-5-2-6-10-12;1-7(11(13)14)9-5-3-4-6-10(9)15-8(2)12/h11-13H,1-10H2;3-7H,1-2H3,(H,13,14)/t;7-/m.0/s1. The van der Waals surface area contributed by atoms with E-state index in [9.17, 15) is 9.59 Å². The van der Waals surface area contributed by atoms with Crippen LogP contribution in [0.15, 0.2) is 29.2 Å². The lowest BCUT2D eigenvalue weighted by molar-refractivity contribution is -0.138. The molecule has 2 N–H and O–H groups in total. The summed E-state index contributed by atoms with van der Waals surface area (Å²) in [6, 6.07) is 8.82. The van der Waals surface area contributed by atoms with E-state index in [0.29, 0.717) is 5.56 Å². The van der Waals surface area contributed by atoms with Gasteiger partial charge in [-0.05, 0) is 44.2 Å². The number of aliphatic carboxylic acids is 1. The molecule has 4 nitrogen and oxygen atoms in total. The summed E-state index contributed by atoms with van der Waals surface area (Å²) in [7, 11) is 0. The maximum absolute atomic E-state index is 11.0. The van der Waals surface area contributed by atoms with Gasteiger partial charge in [-0.25, -0.2) is 0 Å². The van der Waals surface area contributed by atoms with E-state index >= 15 is 0 Å². The quantitative estimate of drug-likeness (QED) is 0.610. The van der Waals surface area contributed by atoms with Crippen LogP contribution in [-0.2, 0) is 9.59 Å². The summed E-state index contributed by atoms with van der Waals surface area (Å²) >= 11 is 1.07. The summed E-state index contributed by atoms with van der Waals surface area (Å²) in [6.07, 6.45) is 14.6. The Morgan fingerprint density at radius 1 is 0.964 bits per heavy atom. The summed E-state index contributed by atoms with van der Waals surface area (Å²) in [5, 5.41) is 12.7. The number of rotatable bonds is 5. The Labute approximate surface area is 173 Å². The third kappa shape index (κ3) is 7.96. The van der Waals surface area contributed by atoms with Crippen LogP contribution in [0.1, 0.15) is 89.5 Å². The smallest absolute Gasteiger partial charge is 0.310 e. The SMILES string of the molecule is C1CCC(NC2CCCCC2)CC1.CC(=O)Sc1ccccc1[C@H](C)C(=O)O. The lowest BCUT2D eigenvalue weighted by Gasteiger charge is -2.30. The van der Waals surface area contributed by atoms with Gasteiger partial charge in [0.2, 0.25) is 0 Å². The van der Waals surface area contributed by atoms with Crippen LogP contribution in [0.5, 0.6) is 0 Å². The number of carbonyl (C=O) groups excluding carboxylic acids is 1. The largest absolute Gasteiger partial charge is 0.481 e. The molecule has 2 fully saturated rings. The number of carboxylic acid groups (broad SMARTS) is 1. The Morgan fingerprint density at radius 2 is 1.46 bits per heavy atom. The number of carboxylic acids is 1. The lowest BCUT2D eigenvalue weighted by Crippen LogP contribution is -2.40. The molecule has 2 aliphatic carbocycles. The number of benzene rings is 1. The van der Waals surface area contributed by atoms with Crippen molar-refractivity contribution in [3.8, 4) is 0 Å². The summed E-state index contributed by atoms with van der Waals surface area (Å²) in [4.78, 5) is 22.5. The molecule has 1 aromatic rings. The number of thioether (sulfide) groups is 1. The Kier molecular flexibility index (Phi) is 10.1. The average Bonchev–Trinajstić information content (AvgIpc) is 2.69. The number of hydrogen-bond acceptors (Lipinski definition) is 4. The maximum atomic E-state index is 11.0. The third-order valence-electron chi connectivity index (χ3n) is 5.69. The molecule has 0 heterocycles. The van der Waals surface area contributed by atoms with Crippen molar-refractivity contribution in [2.75, 3.05) is 0 Å². The highest BCUT2D eigenvalue weighted by Crippen LogP contribution is 2.29. The topological polar surface area (TPSA) is 66.4 Å². The average molecular weight is 406 g/mol. The van der Waals surface area contributed by atoms with E-state index in [0.717, 1.165) is 28.7 Å². The first kappa shape index (κ1) is 23.0. The summed E-state index contributed by atoms with van der Waals surface area (Å²) in [6.45, 7) is 3.08. The van der Waals surface area contributed by atoms with Crippen LogP contribution in [0.2, 0.25) is 0 Å². The van der Waals surface area contributed by atoms with E-state index in [4.69, 9.17) is 5.11 Å². The molecule has 28 heavy (non-hydrogen) atoms. The van der Waals surface area contributed by atoms with Crippen molar-refractivity contribution in [2.45, 2.75) is 101 Å². The van der Waals surface area contributed by atoms with Gasteiger partial charge in [-0.2, -0.15) is 0 Å². The molecule has 0 saturated heterocycles. The van der Waals surface area contributed by atoms with Crippen LogP contribution in [0.25, 0.3) is 0 Å². The first-order valence-corrected chi connectivity index (χ1v) is 11.5. The maximum Gasteiger partial charge on any atom is 0.310 e. The molecule has 1 atom stereocenters. The van der Waals surface area contributed by atoms with E-state index in [1.165, 1.54) is 71.1 Å². The fourth-order valence-corrected chi connectivity index (χ4v) is 4.91. The monoisotopic (exact) mass is 405 g/mol. The molecule has 156 valence electrons. The molecular weight excluding hydrogens is 370 g/mol. The molecule has 2 saturated carbocycles. The fraction of sp³-hybridized carbons (Fsp3) is 0.652. The normalized spacial score (nSPS) is 19.4. The first-order valence-electron chi connectivity index (χ1n) is 10.7. The summed E-state index contributed by atoms with van der Waals surface area (Å²) in [5.41, 5.74) is 0.685. The van der Waals surface area contributed by atoms with Crippen LogP contribution in [0, 0.1) is 0 Å². The van der Waals surface area contributed by atoms with Gasteiger partial charge < -0.3 is 10.4 Å². The highest BCUT2D eigenvalue weighted by Gasteiger charge is 2.19. The Morgan fingerprint density at radius 3 is 1.93 bits per heavy atom. The minimum Gasteiger partial charge on any atom is -0.481 e. The van der Waals surface area contributed by atoms with Gasteiger partial charge in [0.1, 0.15) is 0 Å². The van der Waals surface area contributed by atoms with E-state index in [2.05, 4.69) is 5.32 Å². The third-order valence-corrected chi connectivity index (χ3v) is 6.57. The molecule has 0 amide bonds. The molecule has 0 unspecified atom stereocenters. The van der Waals surface area contributed by atoms with Crippen LogP contribution < -0.4 is 5.32 Å². The first-order chi connectivity index (χ1) is 13.5. The molecule has 0 radical (unpaired) electrons. The molecule has 0 aromatic heterocycles. The Balaban J connectivity index is 0.000000202. The van der Waals surface area contributed by atoms with Crippen molar-refractivity contribution in [2.24, 2.45) is 0 Å². The van der Waals surface area contributed by atoms with E-state index < -0.39 is 11.9 Å². The molecule has 0 bridgehead atoms. The van der Waals surface area contributed by atoms with Gasteiger partial charge in [-0.15, -0.1) is 0 Å². The van der Waals surface area contributed by atoms with Gasteiger partial charge in [0.25, 0.3) is 0 Å². The Bertz CT molecular complexity index is 606. The van der Waals surface area contributed by atoms with E-state index in [1.54, 1.807) is 31.2 Å². The van der Waals surface area contributed by atoms with Gasteiger partial charge in [-0.1, -0.05) is 68.5 Å². The van der Waals surface area contributed by atoms with Crippen molar-refractivity contribution in [1.82, 2.24) is 5.32 Å². The van der Waals surface area contributed by atoms with Crippen LogP contribution in [0.4, 0.5) is 0 Å². The predicted octanol–water partition coefficient (Wildman–Crippen LogP) is 5.75. The minimum absolute atomic E-state index is 0.0416. The predicted molar refractivity (Wildman–Crippen MR) is 116 cm³/mol. The summed E-state index contributed by atoms with van der Waals surface area (Å²) < 4.78 is 0. The van der Waals surface area contributed by atoms with Gasteiger partial charge in [-0.3, -0.25) is 9.59 Å². The second-order valence-corrected chi connectivity index (χ2v) is 9.25. The molecule has 1 aromatic carbocycles. The zero-order valence-corrected chi connectivity index (χ0v) is 18.1. The zero-order chi connectivity index (χ0) is 20.4. The second kappa shape index (κ2) is 12.3. The molecule has 3 rings (SSSR count). The molecule has 2 aliphatic rings. The van der Waals surface area contributed by atoms with Crippen molar-refractivity contribution in [1.29, 1.82) is 0 Å². The molecule has 5 heteroatoms. The summed E-state index contributed by atoms with van der Waals surface area (Å²) in [5.74, 6) is -1.47. The molecule has 0 spiro atoms. The van der Waals surface area contributed by atoms with Crippen molar-refractivity contribution in [3.05, 3.63) is 29.8 Å². The lowest BCUT2D eigenvalue weighted by atomic mass is 9.91. The van der Waals surface area contributed by atoms with Crippen molar-refractivity contribution >= 4 is 22.8 Å². The van der Waals surface area contributed by atoms with Crippen molar-refractivity contribution < 1.29 is 14.7 Å². The highest BCUT2D eigenvalue weighted by molar-refractivity contribution is 8.13. The Hall–Kier alpha value is -1.33. The number of nitrogens with one attached hydrogen (secondary N) is 1. The van der Waals surface area contributed by atoms with Crippen molar-refractivity contribution in [3.63, 3.8) is 0 Å². The van der Waals surface area contributed by atoms with E-state index in [-0.39, 0.29) is 5.12 Å². The molecule has 0 aliphatic heterocycles. The van der Waals surface area contributed by atoms with E-state index in [1.807, 2.05) is 0 Å². The fourth-order valence-electron chi connectivity index (χ4n) is 4.09. The van der Waals surface area contributed by atoms with Gasteiger partial charge >= 0.3 is 5.97 Å². The van der Waals surface area contributed by atoms with Gasteiger partial charge in [0.15, 0.2) is 5.12 Å². The zero-order valence-electron chi connectivity index (χ0n) is 17.3. The minimum atomic E-state index is -0.883. The van der Waals surface area contributed by atoms with Crippen LogP contribution in [-0.4, -0.2) is 28.3 Å².